The zero-order valence-electron chi connectivity index (χ0n) is 12.5. The van der Waals surface area contributed by atoms with Gasteiger partial charge in [0.2, 0.25) is 0 Å². The van der Waals surface area contributed by atoms with Crippen molar-refractivity contribution in [3.63, 3.8) is 0 Å². The van der Waals surface area contributed by atoms with Crippen LogP contribution in [-0.4, -0.2) is 49.3 Å². The second-order valence-corrected chi connectivity index (χ2v) is 4.63. The Labute approximate surface area is 120 Å². The van der Waals surface area contributed by atoms with Crippen LogP contribution in [0.3, 0.4) is 0 Å². The van der Waals surface area contributed by atoms with Crippen LogP contribution in [0.25, 0.3) is 0 Å². The number of carbonyl (C=O) groups excluding carboxylic acids is 1. The topological polar surface area (TPSA) is 59.0 Å². The zero-order valence-corrected chi connectivity index (χ0v) is 12.5. The molecule has 0 aromatic heterocycles. The van der Waals surface area contributed by atoms with Crippen molar-refractivity contribution in [2.24, 2.45) is 0 Å². The number of phenols is 1. The molecule has 1 aromatic carbocycles. The van der Waals surface area contributed by atoms with Crippen molar-refractivity contribution in [2.75, 3.05) is 27.4 Å². The highest BCUT2D eigenvalue weighted by atomic mass is 16.5. The molecule has 0 spiro atoms. The number of hydrogen-bond acceptors (Lipinski definition) is 4. The molecule has 1 N–H and O–H groups in total. The Balaban J connectivity index is 3.04. The lowest BCUT2D eigenvalue weighted by atomic mass is 10.1. The van der Waals surface area contributed by atoms with E-state index in [4.69, 9.17) is 9.47 Å². The molecule has 112 valence electrons. The number of amides is 1. The van der Waals surface area contributed by atoms with Crippen molar-refractivity contribution in [1.29, 1.82) is 0 Å². The maximum atomic E-state index is 12.6. The summed E-state index contributed by atoms with van der Waals surface area (Å²) in [5, 5.41) is 9.90. The average Bonchev–Trinajstić information content (AvgIpc) is 2.47. The predicted octanol–water partition coefficient (Wildman–Crippen LogP) is 2.29. The second kappa shape index (κ2) is 7.75. The van der Waals surface area contributed by atoms with Gasteiger partial charge in [0.05, 0.1) is 19.3 Å². The van der Waals surface area contributed by atoms with Gasteiger partial charge in [0, 0.05) is 19.7 Å². The highest BCUT2D eigenvalue weighted by Crippen LogP contribution is 2.25. The molecule has 0 fully saturated rings. The van der Waals surface area contributed by atoms with Gasteiger partial charge in [-0.25, -0.2) is 0 Å². The Morgan fingerprint density at radius 1 is 1.40 bits per heavy atom. The molecule has 0 aliphatic rings. The van der Waals surface area contributed by atoms with Crippen LogP contribution in [-0.2, 0) is 4.74 Å². The Kier molecular flexibility index (Phi) is 6.31. The number of carbonyl (C=O) groups is 1. The number of phenolic OH excluding ortho intramolecular Hbond substituents is 1. The molecule has 0 radical (unpaired) electrons. The Bertz CT molecular complexity index is 447. The molecule has 1 amide bonds. The van der Waals surface area contributed by atoms with Gasteiger partial charge in [-0.1, -0.05) is 6.92 Å². The lowest BCUT2D eigenvalue weighted by Gasteiger charge is -2.28. The molecule has 1 aromatic rings. The van der Waals surface area contributed by atoms with Gasteiger partial charge in [-0.05, 0) is 31.5 Å². The largest absolute Gasteiger partial charge is 0.507 e. The molecule has 5 heteroatoms. The van der Waals surface area contributed by atoms with E-state index in [1.54, 1.807) is 24.1 Å². The summed E-state index contributed by atoms with van der Waals surface area (Å²) < 4.78 is 10.1. The van der Waals surface area contributed by atoms with Crippen LogP contribution >= 0.6 is 0 Å². The highest BCUT2D eigenvalue weighted by molar-refractivity contribution is 5.97. The highest BCUT2D eigenvalue weighted by Gasteiger charge is 2.23. The quantitative estimate of drug-likeness (QED) is 0.833. The molecule has 20 heavy (non-hydrogen) atoms. The summed E-state index contributed by atoms with van der Waals surface area (Å²) in [5.41, 5.74) is 0.251. The molecule has 0 heterocycles. The molecule has 0 aliphatic carbocycles. The first-order valence-electron chi connectivity index (χ1n) is 6.72. The van der Waals surface area contributed by atoms with Gasteiger partial charge in [-0.3, -0.25) is 4.79 Å². The normalized spacial score (nSPS) is 12.0. The number of nitrogens with zero attached hydrogens (tertiary/aromatic N) is 1. The minimum Gasteiger partial charge on any atom is -0.507 e. The number of ether oxygens (including phenoxy) is 2. The zero-order chi connectivity index (χ0) is 15.1. The van der Waals surface area contributed by atoms with Crippen LogP contribution in [0.2, 0.25) is 0 Å². The van der Waals surface area contributed by atoms with Gasteiger partial charge >= 0.3 is 0 Å². The summed E-state index contributed by atoms with van der Waals surface area (Å²) in [6, 6.07) is 4.72. The number of aromatic hydroxyl groups is 1. The molecule has 1 rings (SSSR count). The van der Waals surface area contributed by atoms with Crippen molar-refractivity contribution in [2.45, 2.75) is 26.3 Å². The number of rotatable bonds is 7. The Hall–Kier alpha value is -1.75. The summed E-state index contributed by atoms with van der Waals surface area (Å²) in [5.74, 6) is 0.288. The van der Waals surface area contributed by atoms with Crippen LogP contribution < -0.4 is 4.74 Å². The van der Waals surface area contributed by atoms with Crippen molar-refractivity contribution in [1.82, 2.24) is 4.90 Å². The van der Waals surface area contributed by atoms with E-state index in [1.807, 2.05) is 13.8 Å². The van der Waals surface area contributed by atoms with Gasteiger partial charge in [0.25, 0.3) is 5.91 Å². The fourth-order valence-electron chi connectivity index (χ4n) is 1.90. The summed E-state index contributed by atoms with van der Waals surface area (Å²) in [7, 11) is 3.13. The van der Waals surface area contributed by atoms with E-state index in [1.165, 1.54) is 13.2 Å². The summed E-state index contributed by atoms with van der Waals surface area (Å²) in [4.78, 5) is 14.3. The monoisotopic (exact) mass is 281 g/mol. The van der Waals surface area contributed by atoms with Gasteiger partial charge in [0.15, 0.2) is 0 Å². The summed E-state index contributed by atoms with van der Waals surface area (Å²) in [6.45, 7) is 4.94. The third-order valence-electron chi connectivity index (χ3n) is 3.35. The van der Waals surface area contributed by atoms with Crippen LogP contribution in [0.15, 0.2) is 18.2 Å². The van der Waals surface area contributed by atoms with E-state index in [2.05, 4.69) is 0 Å². The minimum absolute atomic E-state index is 0.0403. The third-order valence-corrected chi connectivity index (χ3v) is 3.35. The first kappa shape index (κ1) is 16.3. The second-order valence-electron chi connectivity index (χ2n) is 4.63. The number of hydrogen-bond donors (Lipinski definition) is 1. The first-order chi connectivity index (χ1) is 9.54. The van der Waals surface area contributed by atoms with E-state index in [9.17, 15) is 9.90 Å². The molecule has 5 nitrogen and oxygen atoms in total. The average molecular weight is 281 g/mol. The lowest BCUT2D eigenvalue weighted by Crippen LogP contribution is -2.40. The van der Waals surface area contributed by atoms with E-state index in [0.717, 1.165) is 6.42 Å². The summed E-state index contributed by atoms with van der Waals surface area (Å²) >= 11 is 0. The Morgan fingerprint density at radius 3 is 2.65 bits per heavy atom. The fourth-order valence-corrected chi connectivity index (χ4v) is 1.90. The summed E-state index contributed by atoms with van der Waals surface area (Å²) in [6.07, 6.45) is 0.834. The van der Waals surface area contributed by atoms with E-state index in [-0.39, 0.29) is 23.3 Å². The van der Waals surface area contributed by atoms with Crippen LogP contribution in [0.4, 0.5) is 0 Å². The van der Waals surface area contributed by atoms with Crippen molar-refractivity contribution in [3.05, 3.63) is 23.8 Å². The molecule has 1 unspecified atom stereocenters. The SMILES string of the molecule is CCC(C)N(CCOC)C(=O)c1cc(OC)ccc1O. The molecule has 0 saturated carbocycles. The van der Waals surface area contributed by atoms with Crippen molar-refractivity contribution >= 4 is 5.91 Å². The fraction of sp³-hybridized carbons (Fsp3) is 0.533. The maximum Gasteiger partial charge on any atom is 0.258 e. The molecule has 1 atom stereocenters. The van der Waals surface area contributed by atoms with Crippen LogP contribution in [0.1, 0.15) is 30.6 Å². The number of benzene rings is 1. The van der Waals surface area contributed by atoms with Crippen molar-refractivity contribution in [3.8, 4) is 11.5 Å². The van der Waals surface area contributed by atoms with E-state index >= 15 is 0 Å². The number of methoxy groups -OCH3 is 2. The minimum atomic E-state index is -0.215. The van der Waals surface area contributed by atoms with Gasteiger partial charge in [0.1, 0.15) is 11.5 Å². The van der Waals surface area contributed by atoms with Gasteiger partial charge in [-0.2, -0.15) is 0 Å². The van der Waals surface area contributed by atoms with Crippen molar-refractivity contribution < 1.29 is 19.4 Å². The van der Waals surface area contributed by atoms with Gasteiger partial charge in [-0.15, -0.1) is 0 Å². The maximum absolute atomic E-state index is 12.6. The van der Waals surface area contributed by atoms with Crippen LogP contribution in [0.5, 0.6) is 11.5 Å². The molecule has 0 saturated heterocycles. The molecular formula is C15H23NO4. The van der Waals surface area contributed by atoms with E-state index in [0.29, 0.717) is 18.9 Å². The molecule has 0 aliphatic heterocycles. The van der Waals surface area contributed by atoms with Gasteiger partial charge < -0.3 is 19.5 Å². The third kappa shape index (κ3) is 3.87. The van der Waals surface area contributed by atoms with E-state index < -0.39 is 0 Å². The molecular weight excluding hydrogens is 258 g/mol. The van der Waals surface area contributed by atoms with Crippen LogP contribution in [0, 0.1) is 0 Å². The molecule has 0 bridgehead atoms. The Morgan fingerprint density at radius 2 is 2.10 bits per heavy atom. The lowest BCUT2D eigenvalue weighted by molar-refractivity contribution is 0.0610. The standard InChI is InChI=1S/C15H23NO4/c1-5-11(2)16(8-9-19-3)15(18)13-10-12(20-4)6-7-14(13)17/h6-7,10-11,17H,5,8-9H2,1-4H3. The first-order valence-corrected chi connectivity index (χ1v) is 6.72. The smallest absolute Gasteiger partial charge is 0.258 e. The predicted molar refractivity (Wildman–Crippen MR) is 77.3 cm³/mol.